The smallest absolute Gasteiger partial charge is 0.219 e. The molecule has 19 heavy (non-hydrogen) atoms. The van der Waals surface area contributed by atoms with Crippen LogP contribution in [0.15, 0.2) is 36.8 Å². The molecule has 0 spiro atoms. The lowest BCUT2D eigenvalue weighted by molar-refractivity contribution is 0.291. The monoisotopic (exact) mass is 256 g/mol. The van der Waals surface area contributed by atoms with Crippen molar-refractivity contribution in [1.29, 1.82) is 0 Å². The Balaban J connectivity index is 2.03. The van der Waals surface area contributed by atoms with Crippen molar-refractivity contribution in [3.8, 4) is 5.88 Å². The second-order valence-corrected chi connectivity index (χ2v) is 5.75. The summed E-state index contributed by atoms with van der Waals surface area (Å²) in [5.41, 5.74) is 3.61. The van der Waals surface area contributed by atoms with Gasteiger partial charge in [0.25, 0.3) is 0 Å². The Morgan fingerprint density at radius 2 is 1.79 bits per heavy atom. The van der Waals surface area contributed by atoms with E-state index in [2.05, 4.69) is 55.0 Å². The third-order valence-corrected chi connectivity index (χ3v) is 3.04. The minimum atomic E-state index is 0.183. The molecule has 0 fully saturated rings. The van der Waals surface area contributed by atoms with E-state index in [1.54, 1.807) is 6.20 Å². The van der Waals surface area contributed by atoms with Gasteiger partial charge >= 0.3 is 0 Å². The van der Waals surface area contributed by atoms with Crippen molar-refractivity contribution in [2.24, 2.45) is 0 Å². The predicted octanol–water partition coefficient (Wildman–Crippen LogP) is 3.66. The molecule has 0 atom stereocenters. The summed E-state index contributed by atoms with van der Waals surface area (Å²) in [6, 6.07) is 8.53. The van der Waals surface area contributed by atoms with Gasteiger partial charge in [0.15, 0.2) is 0 Å². The van der Waals surface area contributed by atoms with Crippen LogP contribution in [0.1, 0.15) is 37.5 Å². The molecule has 1 aromatic carbocycles. The normalized spacial score (nSPS) is 11.4. The van der Waals surface area contributed by atoms with Crippen LogP contribution < -0.4 is 4.74 Å². The van der Waals surface area contributed by atoms with Crippen LogP contribution in [0.5, 0.6) is 5.88 Å². The number of nitrogens with zero attached hydrogens (tertiary/aromatic N) is 2. The van der Waals surface area contributed by atoms with E-state index in [1.807, 2.05) is 6.92 Å². The molecule has 0 aliphatic carbocycles. The second-order valence-electron chi connectivity index (χ2n) is 5.75. The van der Waals surface area contributed by atoms with Crippen LogP contribution in [-0.2, 0) is 12.0 Å². The van der Waals surface area contributed by atoms with Gasteiger partial charge in [-0.15, -0.1) is 0 Å². The van der Waals surface area contributed by atoms with Gasteiger partial charge in [-0.1, -0.05) is 45.0 Å². The molecule has 1 heterocycles. The van der Waals surface area contributed by atoms with Crippen LogP contribution in [-0.4, -0.2) is 9.97 Å². The highest BCUT2D eigenvalue weighted by Gasteiger charge is 2.12. The number of rotatable bonds is 3. The fourth-order valence-electron chi connectivity index (χ4n) is 1.79. The highest BCUT2D eigenvalue weighted by molar-refractivity contribution is 5.28. The van der Waals surface area contributed by atoms with Gasteiger partial charge in [-0.05, 0) is 23.5 Å². The molecule has 0 bridgehead atoms. The van der Waals surface area contributed by atoms with Crippen molar-refractivity contribution in [2.75, 3.05) is 0 Å². The average molecular weight is 256 g/mol. The molecule has 0 saturated heterocycles. The van der Waals surface area contributed by atoms with Gasteiger partial charge < -0.3 is 4.74 Å². The molecule has 3 heteroatoms. The van der Waals surface area contributed by atoms with E-state index in [0.717, 1.165) is 11.1 Å². The van der Waals surface area contributed by atoms with Crippen LogP contribution in [0.3, 0.4) is 0 Å². The summed E-state index contributed by atoms with van der Waals surface area (Å²) in [7, 11) is 0. The second kappa shape index (κ2) is 5.39. The van der Waals surface area contributed by atoms with E-state index in [9.17, 15) is 0 Å². The number of benzene rings is 1. The SMILES string of the molecule is Cc1cncnc1OCc1ccc(C(C)(C)C)cc1. The Morgan fingerprint density at radius 1 is 1.11 bits per heavy atom. The lowest BCUT2D eigenvalue weighted by atomic mass is 9.87. The highest BCUT2D eigenvalue weighted by atomic mass is 16.5. The lowest BCUT2D eigenvalue weighted by Crippen LogP contribution is -2.10. The standard InChI is InChI=1S/C16H20N2O/c1-12-9-17-11-18-15(12)19-10-13-5-7-14(8-6-13)16(2,3)4/h5-9,11H,10H2,1-4H3. The molecule has 1 aromatic heterocycles. The van der Waals surface area contributed by atoms with E-state index in [1.165, 1.54) is 11.9 Å². The van der Waals surface area contributed by atoms with E-state index in [4.69, 9.17) is 4.74 Å². The predicted molar refractivity (Wildman–Crippen MR) is 76.2 cm³/mol. The molecule has 3 nitrogen and oxygen atoms in total. The van der Waals surface area contributed by atoms with Crippen molar-refractivity contribution in [3.63, 3.8) is 0 Å². The van der Waals surface area contributed by atoms with E-state index in [-0.39, 0.29) is 5.41 Å². The number of aryl methyl sites for hydroxylation is 1. The summed E-state index contributed by atoms with van der Waals surface area (Å²) in [6.07, 6.45) is 3.26. The highest BCUT2D eigenvalue weighted by Crippen LogP contribution is 2.22. The summed E-state index contributed by atoms with van der Waals surface area (Å²) in [5, 5.41) is 0. The minimum Gasteiger partial charge on any atom is -0.473 e. The first-order chi connectivity index (χ1) is 8.97. The Labute approximate surface area is 114 Å². The molecular formula is C16H20N2O. The number of hydrogen-bond acceptors (Lipinski definition) is 3. The fraction of sp³-hybridized carbons (Fsp3) is 0.375. The van der Waals surface area contributed by atoms with Gasteiger partial charge in [0.1, 0.15) is 12.9 Å². The molecule has 0 saturated carbocycles. The van der Waals surface area contributed by atoms with Crippen molar-refractivity contribution >= 4 is 0 Å². The van der Waals surface area contributed by atoms with Crippen LogP contribution >= 0.6 is 0 Å². The maximum atomic E-state index is 5.70. The lowest BCUT2D eigenvalue weighted by Gasteiger charge is -2.19. The zero-order valence-electron chi connectivity index (χ0n) is 12.0. The van der Waals surface area contributed by atoms with E-state index in [0.29, 0.717) is 12.5 Å². The van der Waals surface area contributed by atoms with Crippen molar-refractivity contribution in [3.05, 3.63) is 53.5 Å². The maximum Gasteiger partial charge on any atom is 0.219 e. The zero-order valence-corrected chi connectivity index (χ0v) is 12.0. The Kier molecular flexibility index (Phi) is 3.84. The quantitative estimate of drug-likeness (QED) is 0.840. The molecule has 2 aromatic rings. The summed E-state index contributed by atoms with van der Waals surface area (Å²) in [4.78, 5) is 8.06. The van der Waals surface area contributed by atoms with Gasteiger partial charge in [-0.2, -0.15) is 0 Å². The van der Waals surface area contributed by atoms with Crippen LogP contribution in [0.2, 0.25) is 0 Å². The van der Waals surface area contributed by atoms with Gasteiger partial charge in [-0.25, -0.2) is 9.97 Å². The average Bonchev–Trinajstić information content (AvgIpc) is 2.37. The largest absolute Gasteiger partial charge is 0.473 e. The van der Waals surface area contributed by atoms with Gasteiger partial charge in [0, 0.05) is 11.8 Å². The molecule has 0 radical (unpaired) electrons. The molecule has 100 valence electrons. The fourth-order valence-corrected chi connectivity index (χ4v) is 1.79. The molecule has 2 rings (SSSR count). The molecule has 0 aliphatic heterocycles. The topological polar surface area (TPSA) is 35.0 Å². The van der Waals surface area contributed by atoms with Crippen LogP contribution in [0, 0.1) is 6.92 Å². The Hall–Kier alpha value is -1.90. The molecule has 0 aliphatic rings. The van der Waals surface area contributed by atoms with Gasteiger partial charge in [-0.3, -0.25) is 0 Å². The first-order valence-corrected chi connectivity index (χ1v) is 6.45. The maximum absolute atomic E-state index is 5.70. The van der Waals surface area contributed by atoms with Gasteiger partial charge in [0.2, 0.25) is 5.88 Å². The number of hydrogen-bond donors (Lipinski definition) is 0. The van der Waals surface area contributed by atoms with E-state index < -0.39 is 0 Å². The number of aromatic nitrogens is 2. The molecule has 0 unspecified atom stereocenters. The zero-order chi connectivity index (χ0) is 13.9. The first kappa shape index (κ1) is 13.5. The van der Waals surface area contributed by atoms with Crippen molar-refractivity contribution in [2.45, 2.75) is 39.7 Å². The van der Waals surface area contributed by atoms with Crippen molar-refractivity contribution in [1.82, 2.24) is 9.97 Å². The molecule has 0 amide bonds. The minimum absolute atomic E-state index is 0.183. The van der Waals surface area contributed by atoms with Crippen LogP contribution in [0.25, 0.3) is 0 Å². The molecule has 0 N–H and O–H groups in total. The third-order valence-electron chi connectivity index (χ3n) is 3.04. The summed E-state index contributed by atoms with van der Waals surface area (Å²) in [5.74, 6) is 0.648. The first-order valence-electron chi connectivity index (χ1n) is 6.45. The third kappa shape index (κ3) is 3.53. The Morgan fingerprint density at radius 3 is 2.37 bits per heavy atom. The van der Waals surface area contributed by atoms with Crippen LogP contribution in [0.4, 0.5) is 0 Å². The molecular weight excluding hydrogens is 236 g/mol. The van der Waals surface area contributed by atoms with Crippen molar-refractivity contribution < 1.29 is 4.74 Å². The number of ether oxygens (including phenoxy) is 1. The van der Waals surface area contributed by atoms with E-state index >= 15 is 0 Å². The summed E-state index contributed by atoms with van der Waals surface area (Å²) < 4.78 is 5.70. The Bertz CT molecular complexity index is 541. The summed E-state index contributed by atoms with van der Waals surface area (Å²) in [6.45, 7) is 9.11. The summed E-state index contributed by atoms with van der Waals surface area (Å²) >= 11 is 0. The van der Waals surface area contributed by atoms with Gasteiger partial charge in [0.05, 0.1) is 0 Å².